The zero-order valence-electron chi connectivity index (χ0n) is 9.81. The topological polar surface area (TPSA) is 3.24 Å². The van der Waals surface area contributed by atoms with E-state index >= 15 is 0 Å². The molecule has 2 aromatic rings. The van der Waals surface area contributed by atoms with Crippen LogP contribution in [0.1, 0.15) is 11.5 Å². The van der Waals surface area contributed by atoms with E-state index in [2.05, 4.69) is 45.1 Å². The van der Waals surface area contributed by atoms with Crippen molar-refractivity contribution in [2.24, 2.45) is 0 Å². The summed E-state index contributed by atoms with van der Waals surface area (Å²) in [6, 6.07) is 15.6. The van der Waals surface area contributed by atoms with Gasteiger partial charge >= 0.3 is 0 Å². The Bertz CT molecular complexity index is 550. The van der Waals surface area contributed by atoms with Gasteiger partial charge in [0, 0.05) is 23.5 Å². The molecule has 1 fully saturated rings. The minimum Gasteiger partial charge on any atom is -0.368 e. The maximum absolute atomic E-state index is 13.8. The van der Waals surface area contributed by atoms with Gasteiger partial charge in [0.1, 0.15) is 5.82 Å². The van der Waals surface area contributed by atoms with Crippen molar-refractivity contribution in [3.05, 3.63) is 64.4 Å². The Kier molecular flexibility index (Phi) is 3.08. The minimum absolute atomic E-state index is 0.157. The Hall–Kier alpha value is -1.35. The van der Waals surface area contributed by atoms with Gasteiger partial charge in [0.2, 0.25) is 0 Å². The lowest BCUT2D eigenvalue weighted by Crippen LogP contribution is -2.45. The highest BCUT2D eigenvalue weighted by molar-refractivity contribution is 9.10. The predicted molar refractivity (Wildman–Crippen MR) is 75.5 cm³/mol. The van der Waals surface area contributed by atoms with Crippen LogP contribution >= 0.6 is 15.9 Å². The molecule has 3 heteroatoms. The van der Waals surface area contributed by atoms with Crippen LogP contribution in [0.4, 0.5) is 10.1 Å². The van der Waals surface area contributed by atoms with Crippen LogP contribution in [0.5, 0.6) is 0 Å². The zero-order chi connectivity index (χ0) is 12.5. The maximum atomic E-state index is 13.8. The van der Waals surface area contributed by atoms with Crippen LogP contribution in [0.15, 0.2) is 53.0 Å². The first-order valence-corrected chi connectivity index (χ1v) is 6.78. The first-order valence-electron chi connectivity index (χ1n) is 5.99. The van der Waals surface area contributed by atoms with E-state index in [9.17, 15) is 4.39 Å². The summed E-state index contributed by atoms with van der Waals surface area (Å²) in [5, 5.41) is 0. The average Bonchev–Trinajstić information content (AvgIpc) is 2.31. The molecule has 0 atom stereocenters. The molecule has 1 heterocycles. The molecule has 0 aliphatic carbocycles. The second-order valence-electron chi connectivity index (χ2n) is 4.61. The van der Waals surface area contributed by atoms with Crippen LogP contribution in [0.2, 0.25) is 0 Å². The van der Waals surface area contributed by atoms with Crippen LogP contribution < -0.4 is 4.90 Å². The molecule has 1 aliphatic heterocycles. The second-order valence-corrected chi connectivity index (χ2v) is 5.52. The Balaban J connectivity index is 1.72. The van der Waals surface area contributed by atoms with E-state index in [1.54, 1.807) is 0 Å². The summed E-state index contributed by atoms with van der Waals surface area (Å²) in [5.41, 5.74) is 2.04. The molecule has 0 amide bonds. The van der Waals surface area contributed by atoms with Crippen LogP contribution in [-0.4, -0.2) is 13.1 Å². The highest BCUT2D eigenvalue weighted by Gasteiger charge is 2.29. The van der Waals surface area contributed by atoms with Gasteiger partial charge in [0.05, 0.1) is 5.69 Å². The lowest BCUT2D eigenvalue weighted by atomic mass is 9.91. The molecule has 0 unspecified atom stereocenters. The fourth-order valence-corrected chi connectivity index (χ4v) is 2.68. The Morgan fingerprint density at radius 2 is 1.78 bits per heavy atom. The number of hydrogen-bond donors (Lipinski definition) is 0. The van der Waals surface area contributed by atoms with E-state index in [1.165, 1.54) is 11.6 Å². The Labute approximate surface area is 114 Å². The number of anilines is 1. The van der Waals surface area contributed by atoms with Crippen molar-refractivity contribution in [1.29, 1.82) is 0 Å². The largest absolute Gasteiger partial charge is 0.368 e. The van der Waals surface area contributed by atoms with Crippen molar-refractivity contribution >= 4 is 21.6 Å². The van der Waals surface area contributed by atoms with Crippen LogP contribution in [0.3, 0.4) is 0 Å². The van der Waals surface area contributed by atoms with Gasteiger partial charge in [-0.1, -0.05) is 46.3 Å². The molecule has 1 aliphatic rings. The number of nitrogens with zero attached hydrogens (tertiary/aromatic N) is 1. The first kappa shape index (κ1) is 11.7. The second kappa shape index (κ2) is 4.73. The first-order chi connectivity index (χ1) is 8.74. The van der Waals surface area contributed by atoms with E-state index in [0.29, 0.717) is 11.6 Å². The molecule has 0 bridgehead atoms. The van der Waals surface area contributed by atoms with Gasteiger partial charge in [-0.15, -0.1) is 0 Å². The number of rotatable bonds is 2. The van der Waals surface area contributed by atoms with Crippen molar-refractivity contribution in [1.82, 2.24) is 0 Å². The van der Waals surface area contributed by atoms with E-state index in [0.717, 1.165) is 17.6 Å². The molecular formula is C15H13BrFN. The van der Waals surface area contributed by atoms with Gasteiger partial charge < -0.3 is 4.90 Å². The molecule has 1 saturated heterocycles. The summed E-state index contributed by atoms with van der Waals surface area (Å²) < 4.78 is 14.6. The lowest BCUT2D eigenvalue weighted by molar-refractivity contribution is 0.509. The van der Waals surface area contributed by atoms with Gasteiger partial charge in [-0.2, -0.15) is 0 Å². The fraction of sp³-hybridized carbons (Fsp3) is 0.200. The summed E-state index contributed by atoms with van der Waals surface area (Å²) >= 11 is 3.28. The van der Waals surface area contributed by atoms with Crippen molar-refractivity contribution < 1.29 is 4.39 Å². The third kappa shape index (κ3) is 2.15. The van der Waals surface area contributed by atoms with Gasteiger partial charge in [0.25, 0.3) is 0 Å². The normalized spacial score (nSPS) is 15.6. The molecule has 1 nitrogen and oxygen atoms in total. The maximum Gasteiger partial charge on any atom is 0.147 e. The summed E-state index contributed by atoms with van der Waals surface area (Å²) in [6.07, 6.45) is 0. The average molecular weight is 306 g/mol. The number of halogens is 2. The quantitative estimate of drug-likeness (QED) is 0.804. The fourth-order valence-electron chi connectivity index (χ4n) is 2.35. The van der Waals surface area contributed by atoms with Gasteiger partial charge in [-0.05, 0) is 23.8 Å². The van der Waals surface area contributed by atoms with Crippen molar-refractivity contribution in [3.8, 4) is 0 Å². The van der Waals surface area contributed by atoms with Gasteiger partial charge in [-0.3, -0.25) is 0 Å². The van der Waals surface area contributed by atoms with Gasteiger partial charge in [-0.25, -0.2) is 4.39 Å². The monoisotopic (exact) mass is 305 g/mol. The zero-order valence-corrected chi connectivity index (χ0v) is 11.4. The van der Waals surface area contributed by atoms with Crippen molar-refractivity contribution in [2.45, 2.75) is 5.92 Å². The highest BCUT2D eigenvalue weighted by Crippen LogP contribution is 2.33. The molecule has 18 heavy (non-hydrogen) atoms. The molecule has 92 valence electrons. The Morgan fingerprint density at radius 3 is 2.44 bits per heavy atom. The number of benzene rings is 2. The van der Waals surface area contributed by atoms with Crippen molar-refractivity contribution in [3.63, 3.8) is 0 Å². The molecule has 0 saturated carbocycles. The predicted octanol–water partition coefficient (Wildman–Crippen LogP) is 4.19. The minimum atomic E-state index is -0.157. The third-order valence-corrected chi connectivity index (χ3v) is 3.90. The summed E-state index contributed by atoms with van der Waals surface area (Å²) in [4.78, 5) is 2.08. The summed E-state index contributed by atoms with van der Waals surface area (Å²) in [7, 11) is 0. The molecule has 2 aromatic carbocycles. The van der Waals surface area contributed by atoms with E-state index in [-0.39, 0.29) is 5.82 Å². The van der Waals surface area contributed by atoms with Gasteiger partial charge in [0.15, 0.2) is 0 Å². The van der Waals surface area contributed by atoms with Crippen LogP contribution in [-0.2, 0) is 0 Å². The van der Waals surface area contributed by atoms with Crippen molar-refractivity contribution in [2.75, 3.05) is 18.0 Å². The highest BCUT2D eigenvalue weighted by atomic mass is 79.9. The van der Waals surface area contributed by atoms with E-state index < -0.39 is 0 Å². The van der Waals surface area contributed by atoms with Crippen LogP contribution in [0.25, 0.3) is 0 Å². The standard InChI is InChI=1S/C15H13BrFN/c16-13-6-7-15(14(17)8-13)18-9-12(10-18)11-4-2-1-3-5-11/h1-8,12H,9-10H2. The molecular weight excluding hydrogens is 293 g/mol. The third-order valence-electron chi connectivity index (χ3n) is 3.40. The summed E-state index contributed by atoms with van der Waals surface area (Å²) in [6.45, 7) is 1.78. The molecule has 0 N–H and O–H groups in total. The molecule has 3 rings (SSSR count). The molecule has 0 aromatic heterocycles. The van der Waals surface area contributed by atoms with E-state index in [4.69, 9.17) is 0 Å². The molecule has 0 spiro atoms. The lowest BCUT2D eigenvalue weighted by Gasteiger charge is -2.41. The SMILES string of the molecule is Fc1cc(Br)ccc1N1CC(c2ccccc2)C1. The van der Waals surface area contributed by atoms with Crippen LogP contribution in [0, 0.1) is 5.82 Å². The summed E-state index contributed by atoms with van der Waals surface area (Å²) in [5.74, 6) is 0.366. The number of hydrogen-bond acceptors (Lipinski definition) is 1. The smallest absolute Gasteiger partial charge is 0.147 e. The molecule has 0 radical (unpaired) electrons. The Morgan fingerprint density at radius 1 is 1.06 bits per heavy atom. The van der Waals surface area contributed by atoms with E-state index in [1.807, 2.05) is 18.2 Å².